The number of anilines is 2. The van der Waals surface area contributed by atoms with Crippen LogP contribution in [0.5, 0.6) is 0 Å². The molecule has 0 radical (unpaired) electrons. The van der Waals surface area contributed by atoms with Gasteiger partial charge < -0.3 is 15.5 Å². The normalized spacial score (nSPS) is 14.4. The first-order chi connectivity index (χ1) is 12.6. The Balaban J connectivity index is 1.56. The lowest BCUT2D eigenvalue weighted by Crippen LogP contribution is -2.43. The molecule has 0 spiro atoms. The average Bonchev–Trinajstić information content (AvgIpc) is 2.68. The van der Waals surface area contributed by atoms with Crippen molar-refractivity contribution >= 4 is 29.0 Å². The van der Waals surface area contributed by atoms with Gasteiger partial charge in [0.15, 0.2) is 0 Å². The minimum absolute atomic E-state index is 0.0242. The second kappa shape index (κ2) is 8.26. The molecule has 7 nitrogen and oxygen atoms in total. The number of hydrogen-bond acceptors (Lipinski definition) is 5. The summed E-state index contributed by atoms with van der Waals surface area (Å²) < 4.78 is 0. The number of carbonyl (C=O) groups excluding carboxylic acids is 1. The Bertz CT molecular complexity index is 795. The van der Waals surface area contributed by atoms with Crippen LogP contribution >= 0.6 is 0 Å². The molecule has 2 N–H and O–H groups in total. The topological polar surface area (TPSA) is 87.5 Å². The molecule has 1 aliphatic rings. The molecule has 0 aliphatic carbocycles. The van der Waals surface area contributed by atoms with Crippen LogP contribution in [0.3, 0.4) is 0 Å². The first-order valence-electron chi connectivity index (χ1n) is 8.41. The van der Waals surface area contributed by atoms with Gasteiger partial charge in [-0.3, -0.25) is 14.9 Å². The van der Waals surface area contributed by atoms with Gasteiger partial charge in [-0.1, -0.05) is 0 Å². The molecule has 1 amide bonds. The number of non-ortho nitro benzene ring substituents is 1. The Labute approximate surface area is 151 Å². The fourth-order valence-corrected chi connectivity index (χ4v) is 2.74. The van der Waals surface area contributed by atoms with E-state index in [0.717, 1.165) is 43.1 Å². The molecule has 0 bridgehead atoms. The van der Waals surface area contributed by atoms with Gasteiger partial charge >= 0.3 is 0 Å². The van der Waals surface area contributed by atoms with Gasteiger partial charge in [-0.15, -0.1) is 0 Å². The van der Waals surface area contributed by atoms with Crippen molar-refractivity contribution in [1.29, 1.82) is 0 Å². The molecule has 1 heterocycles. The van der Waals surface area contributed by atoms with E-state index >= 15 is 0 Å². The lowest BCUT2D eigenvalue weighted by Gasteiger charge is -2.29. The number of piperazine rings is 1. The number of rotatable bonds is 5. The summed E-state index contributed by atoms with van der Waals surface area (Å²) in [5, 5.41) is 16.7. The summed E-state index contributed by atoms with van der Waals surface area (Å²) in [5.74, 6) is -0.252. The second-order valence-electron chi connectivity index (χ2n) is 5.96. The molecule has 1 saturated heterocycles. The van der Waals surface area contributed by atoms with Crippen LogP contribution < -0.4 is 15.5 Å². The maximum Gasteiger partial charge on any atom is 0.269 e. The van der Waals surface area contributed by atoms with Crippen LogP contribution in [0, 0.1) is 10.1 Å². The third kappa shape index (κ3) is 4.67. The van der Waals surface area contributed by atoms with Gasteiger partial charge in [-0.2, -0.15) is 0 Å². The minimum Gasteiger partial charge on any atom is -0.369 e. The van der Waals surface area contributed by atoms with E-state index in [1.165, 1.54) is 18.2 Å². The fraction of sp³-hybridized carbons (Fsp3) is 0.211. The van der Waals surface area contributed by atoms with E-state index < -0.39 is 4.92 Å². The molecule has 0 aromatic heterocycles. The van der Waals surface area contributed by atoms with Crippen molar-refractivity contribution < 1.29 is 9.72 Å². The first kappa shape index (κ1) is 17.6. The van der Waals surface area contributed by atoms with Gasteiger partial charge in [0, 0.05) is 55.8 Å². The zero-order valence-electron chi connectivity index (χ0n) is 14.2. The predicted octanol–water partition coefficient (Wildman–Crippen LogP) is 2.66. The average molecular weight is 352 g/mol. The van der Waals surface area contributed by atoms with Crippen LogP contribution in [-0.2, 0) is 4.79 Å². The molecule has 1 fully saturated rings. The molecule has 26 heavy (non-hydrogen) atoms. The van der Waals surface area contributed by atoms with Gasteiger partial charge in [0.1, 0.15) is 0 Å². The van der Waals surface area contributed by atoms with Crippen molar-refractivity contribution in [3.05, 3.63) is 70.3 Å². The van der Waals surface area contributed by atoms with E-state index in [9.17, 15) is 14.9 Å². The van der Waals surface area contributed by atoms with Crippen LogP contribution in [0.25, 0.3) is 6.08 Å². The van der Waals surface area contributed by atoms with Crippen LogP contribution in [0.15, 0.2) is 54.6 Å². The van der Waals surface area contributed by atoms with Crippen molar-refractivity contribution in [2.75, 3.05) is 36.4 Å². The molecular formula is C19H20N4O3. The fourth-order valence-electron chi connectivity index (χ4n) is 2.74. The quantitative estimate of drug-likeness (QED) is 0.491. The lowest BCUT2D eigenvalue weighted by atomic mass is 10.2. The Morgan fingerprint density at radius 3 is 2.35 bits per heavy atom. The Hall–Kier alpha value is -3.19. The molecule has 0 atom stereocenters. The van der Waals surface area contributed by atoms with E-state index in [1.807, 2.05) is 24.3 Å². The maximum atomic E-state index is 12.0. The highest BCUT2D eigenvalue weighted by Crippen LogP contribution is 2.18. The van der Waals surface area contributed by atoms with Crippen LogP contribution in [-0.4, -0.2) is 37.0 Å². The monoisotopic (exact) mass is 352 g/mol. The van der Waals surface area contributed by atoms with Gasteiger partial charge in [-0.25, -0.2) is 0 Å². The van der Waals surface area contributed by atoms with Crippen molar-refractivity contribution in [2.45, 2.75) is 0 Å². The van der Waals surface area contributed by atoms with Crippen LogP contribution in [0.2, 0.25) is 0 Å². The SMILES string of the molecule is O=C(/C=C/c1ccc([N+](=O)[O-])cc1)Nc1ccc(N2CCNCC2)cc1. The summed E-state index contributed by atoms with van der Waals surface area (Å²) in [6.07, 6.45) is 3.03. The number of carbonyl (C=O) groups is 1. The molecule has 1 aliphatic heterocycles. The summed E-state index contributed by atoms with van der Waals surface area (Å²) in [6.45, 7) is 3.91. The highest BCUT2D eigenvalue weighted by atomic mass is 16.6. The summed E-state index contributed by atoms with van der Waals surface area (Å²) >= 11 is 0. The summed E-state index contributed by atoms with van der Waals surface area (Å²) in [5.41, 5.74) is 2.61. The van der Waals surface area contributed by atoms with Crippen molar-refractivity contribution in [3.63, 3.8) is 0 Å². The largest absolute Gasteiger partial charge is 0.369 e. The summed E-state index contributed by atoms with van der Waals surface area (Å²) in [7, 11) is 0. The van der Waals surface area contributed by atoms with E-state index in [-0.39, 0.29) is 11.6 Å². The van der Waals surface area contributed by atoms with Crippen molar-refractivity contribution in [1.82, 2.24) is 5.32 Å². The number of nitro benzene ring substituents is 1. The van der Waals surface area contributed by atoms with E-state index in [2.05, 4.69) is 15.5 Å². The number of nitro groups is 1. The van der Waals surface area contributed by atoms with Gasteiger partial charge in [0.2, 0.25) is 5.91 Å². The van der Waals surface area contributed by atoms with Crippen LogP contribution in [0.4, 0.5) is 17.1 Å². The smallest absolute Gasteiger partial charge is 0.269 e. The van der Waals surface area contributed by atoms with Crippen molar-refractivity contribution in [2.24, 2.45) is 0 Å². The van der Waals surface area contributed by atoms with Gasteiger partial charge in [-0.05, 0) is 48.0 Å². The first-order valence-corrected chi connectivity index (χ1v) is 8.41. The zero-order valence-corrected chi connectivity index (χ0v) is 14.2. The number of hydrogen-bond donors (Lipinski definition) is 2. The molecule has 2 aromatic rings. The third-order valence-corrected chi connectivity index (χ3v) is 4.15. The summed E-state index contributed by atoms with van der Waals surface area (Å²) in [4.78, 5) is 24.5. The zero-order chi connectivity index (χ0) is 18.4. The molecule has 7 heteroatoms. The molecule has 2 aromatic carbocycles. The highest BCUT2D eigenvalue weighted by molar-refractivity contribution is 6.02. The molecule has 0 unspecified atom stereocenters. The Morgan fingerprint density at radius 2 is 1.73 bits per heavy atom. The maximum absolute atomic E-state index is 12.0. The second-order valence-corrected chi connectivity index (χ2v) is 5.96. The number of amides is 1. The number of nitrogens with one attached hydrogen (secondary N) is 2. The Kier molecular flexibility index (Phi) is 5.60. The number of benzene rings is 2. The molecule has 3 rings (SSSR count). The van der Waals surface area contributed by atoms with Crippen molar-refractivity contribution in [3.8, 4) is 0 Å². The van der Waals surface area contributed by atoms with E-state index in [0.29, 0.717) is 0 Å². The lowest BCUT2D eigenvalue weighted by molar-refractivity contribution is -0.384. The molecule has 134 valence electrons. The molecular weight excluding hydrogens is 332 g/mol. The summed E-state index contributed by atoms with van der Waals surface area (Å²) in [6, 6.07) is 13.8. The van der Waals surface area contributed by atoms with E-state index in [4.69, 9.17) is 0 Å². The highest BCUT2D eigenvalue weighted by Gasteiger charge is 2.10. The number of nitrogens with zero attached hydrogens (tertiary/aromatic N) is 2. The van der Waals surface area contributed by atoms with Gasteiger partial charge in [0.05, 0.1) is 4.92 Å². The standard InChI is InChI=1S/C19H20N4O3/c24-19(10-3-15-1-6-18(7-2-15)23(25)26)21-16-4-8-17(9-5-16)22-13-11-20-12-14-22/h1-10,20H,11-14H2,(H,21,24)/b10-3+. The third-order valence-electron chi connectivity index (χ3n) is 4.15. The minimum atomic E-state index is -0.454. The van der Waals surface area contributed by atoms with Gasteiger partial charge in [0.25, 0.3) is 5.69 Å². The predicted molar refractivity (Wildman–Crippen MR) is 102 cm³/mol. The van der Waals surface area contributed by atoms with Crippen LogP contribution in [0.1, 0.15) is 5.56 Å². The Morgan fingerprint density at radius 1 is 1.08 bits per heavy atom. The molecule has 0 saturated carbocycles. The van der Waals surface area contributed by atoms with E-state index in [1.54, 1.807) is 18.2 Å².